The number of anilines is 1. The second-order valence-electron chi connectivity index (χ2n) is 8.18. The van der Waals surface area contributed by atoms with Gasteiger partial charge in [0.2, 0.25) is 0 Å². The number of aliphatic hydroxyl groups is 1. The van der Waals surface area contributed by atoms with Crippen LogP contribution in [-0.4, -0.2) is 46.9 Å². The minimum Gasteiger partial charge on any atom is -0.480 e. The van der Waals surface area contributed by atoms with Crippen molar-refractivity contribution in [2.45, 2.75) is 25.0 Å². The third-order valence-electron chi connectivity index (χ3n) is 5.84. The van der Waals surface area contributed by atoms with Crippen LogP contribution in [0, 0.1) is 5.82 Å². The molecule has 4 rings (SSSR count). The molecule has 0 bridgehead atoms. The van der Waals surface area contributed by atoms with Crippen LogP contribution < -0.4 is 10.6 Å². The first-order valence-electron chi connectivity index (χ1n) is 10.9. The van der Waals surface area contributed by atoms with Crippen molar-refractivity contribution in [2.24, 2.45) is 0 Å². The minimum absolute atomic E-state index is 0.0725. The molecule has 180 valence electrons. The summed E-state index contributed by atoms with van der Waals surface area (Å²) in [6.07, 6.45) is -2.20. The molecular weight excluding hydrogens is 455 g/mol. The predicted octanol–water partition coefficient (Wildman–Crippen LogP) is 3.75. The van der Waals surface area contributed by atoms with E-state index < -0.39 is 41.5 Å². The molecule has 2 atom stereocenters. The Morgan fingerprint density at radius 3 is 2.17 bits per heavy atom. The van der Waals surface area contributed by atoms with Gasteiger partial charge in [-0.05, 0) is 47.4 Å². The summed E-state index contributed by atoms with van der Waals surface area (Å²) in [4.78, 5) is 36.1. The zero-order valence-electron chi connectivity index (χ0n) is 18.7. The van der Waals surface area contributed by atoms with E-state index in [2.05, 4.69) is 10.6 Å². The lowest BCUT2D eigenvalue weighted by molar-refractivity contribution is -0.141. The Labute approximate surface area is 200 Å². The summed E-state index contributed by atoms with van der Waals surface area (Å²) < 4.78 is 19.7. The van der Waals surface area contributed by atoms with E-state index in [1.807, 2.05) is 48.5 Å². The van der Waals surface area contributed by atoms with Gasteiger partial charge < -0.3 is 20.3 Å². The van der Waals surface area contributed by atoms with Crippen molar-refractivity contribution >= 4 is 23.7 Å². The fraction of sp³-hybridized carbons (Fsp3) is 0.192. The maximum atomic E-state index is 14.2. The normalized spacial score (nSPS) is 13.8. The standard InChI is InChI=1S/C26H23FN2O6/c1-14(30)23(25(32)33)29-24(31)20-12-15(10-11-22(20)27)28-26(34)35-13-21-18-8-4-2-6-16(18)17-7-3-5-9-19(17)21/h2-12,14,21,23,30H,13H2,1H3,(H,28,34)(H,29,31)(H,32,33). The summed E-state index contributed by atoms with van der Waals surface area (Å²) in [5.41, 5.74) is 3.86. The maximum absolute atomic E-state index is 14.2. The predicted molar refractivity (Wildman–Crippen MR) is 126 cm³/mol. The van der Waals surface area contributed by atoms with Gasteiger partial charge in [-0.25, -0.2) is 14.0 Å². The average Bonchev–Trinajstić information content (AvgIpc) is 3.15. The Bertz CT molecular complexity index is 1250. The van der Waals surface area contributed by atoms with Gasteiger partial charge in [0, 0.05) is 11.6 Å². The van der Waals surface area contributed by atoms with E-state index in [4.69, 9.17) is 9.84 Å². The van der Waals surface area contributed by atoms with E-state index in [0.717, 1.165) is 34.4 Å². The van der Waals surface area contributed by atoms with Crippen LogP contribution in [0.25, 0.3) is 11.1 Å². The van der Waals surface area contributed by atoms with E-state index in [0.29, 0.717) is 0 Å². The molecule has 1 aliphatic carbocycles. The molecule has 8 nitrogen and oxygen atoms in total. The highest BCUT2D eigenvalue weighted by Crippen LogP contribution is 2.44. The summed E-state index contributed by atoms with van der Waals surface area (Å²) >= 11 is 0. The highest BCUT2D eigenvalue weighted by atomic mass is 19.1. The third-order valence-corrected chi connectivity index (χ3v) is 5.84. The fourth-order valence-corrected chi connectivity index (χ4v) is 4.14. The molecule has 3 aromatic rings. The number of carboxylic acid groups (broad SMARTS) is 1. The summed E-state index contributed by atoms with van der Waals surface area (Å²) in [6.45, 7) is 1.26. The molecule has 0 heterocycles. The highest BCUT2D eigenvalue weighted by molar-refractivity contribution is 5.98. The zero-order valence-corrected chi connectivity index (χ0v) is 18.7. The topological polar surface area (TPSA) is 125 Å². The maximum Gasteiger partial charge on any atom is 0.411 e. The van der Waals surface area contributed by atoms with Gasteiger partial charge in [0.05, 0.1) is 11.7 Å². The second kappa shape index (κ2) is 9.94. The first kappa shape index (κ1) is 23.9. The van der Waals surface area contributed by atoms with Gasteiger partial charge in [-0.2, -0.15) is 0 Å². The van der Waals surface area contributed by atoms with Gasteiger partial charge in [0.15, 0.2) is 6.04 Å². The van der Waals surface area contributed by atoms with Crippen molar-refractivity contribution < 1.29 is 33.7 Å². The van der Waals surface area contributed by atoms with E-state index in [1.165, 1.54) is 13.0 Å². The number of nitrogens with one attached hydrogen (secondary N) is 2. The summed E-state index contributed by atoms with van der Waals surface area (Å²) in [5, 5.41) is 23.2. The molecule has 9 heteroatoms. The first-order valence-corrected chi connectivity index (χ1v) is 10.9. The van der Waals surface area contributed by atoms with Crippen molar-refractivity contribution in [3.63, 3.8) is 0 Å². The lowest BCUT2D eigenvalue weighted by Crippen LogP contribution is -2.47. The smallest absolute Gasteiger partial charge is 0.411 e. The number of aliphatic carboxylic acids is 1. The monoisotopic (exact) mass is 478 g/mol. The van der Waals surface area contributed by atoms with E-state index in [-0.39, 0.29) is 18.2 Å². The van der Waals surface area contributed by atoms with Crippen LogP contribution >= 0.6 is 0 Å². The number of benzene rings is 3. The van der Waals surface area contributed by atoms with Gasteiger partial charge in [0.1, 0.15) is 12.4 Å². The molecule has 0 aromatic heterocycles. The Balaban J connectivity index is 1.44. The summed E-state index contributed by atoms with van der Waals surface area (Å²) in [5.74, 6) is -3.58. The van der Waals surface area contributed by atoms with Crippen molar-refractivity contribution in [1.82, 2.24) is 5.32 Å². The molecular formula is C26H23FN2O6. The lowest BCUT2D eigenvalue weighted by atomic mass is 9.98. The number of carbonyl (C=O) groups is 3. The number of rotatable bonds is 7. The largest absolute Gasteiger partial charge is 0.480 e. The van der Waals surface area contributed by atoms with Crippen LogP contribution in [0.2, 0.25) is 0 Å². The third kappa shape index (κ3) is 4.99. The van der Waals surface area contributed by atoms with Crippen molar-refractivity contribution in [1.29, 1.82) is 0 Å². The van der Waals surface area contributed by atoms with Crippen LogP contribution in [0.4, 0.5) is 14.9 Å². The van der Waals surface area contributed by atoms with E-state index in [1.54, 1.807) is 0 Å². The molecule has 2 unspecified atom stereocenters. The highest BCUT2D eigenvalue weighted by Gasteiger charge is 2.29. The number of aliphatic hydroxyl groups excluding tert-OH is 1. The molecule has 35 heavy (non-hydrogen) atoms. The molecule has 0 fully saturated rings. The Morgan fingerprint density at radius 2 is 1.60 bits per heavy atom. The molecule has 1 aliphatic rings. The number of hydrogen-bond acceptors (Lipinski definition) is 5. The van der Waals surface area contributed by atoms with Crippen molar-refractivity contribution in [3.8, 4) is 11.1 Å². The number of ether oxygens (including phenoxy) is 1. The summed E-state index contributed by atoms with van der Waals surface area (Å²) in [7, 11) is 0. The van der Waals surface area contributed by atoms with Crippen LogP contribution in [0.3, 0.4) is 0 Å². The number of carbonyl (C=O) groups excluding carboxylic acids is 2. The quantitative estimate of drug-likeness (QED) is 0.410. The number of fused-ring (bicyclic) bond motifs is 3. The van der Waals surface area contributed by atoms with Crippen LogP contribution in [0.15, 0.2) is 66.7 Å². The Kier molecular flexibility index (Phi) is 6.79. The van der Waals surface area contributed by atoms with Crippen LogP contribution in [0.1, 0.15) is 34.3 Å². The molecule has 0 aliphatic heterocycles. The molecule has 2 amide bonds. The second-order valence-corrected chi connectivity index (χ2v) is 8.18. The lowest BCUT2D eigenvalue weighted by Gasteiger charge is -2.17. The molecule has 4 N–H and O–H groups in total. The SMILES string of the molecule is CC(O)C(NC(=O)c1cc(NC(=O)OCC2c3ccccc3-c3ccccc32)ccc1F)C(=O)O. The van der Waals surface area contributed by atoms with Crippen LogP contribution in [-0.2, 0) is 9.53 Å². The molecule has 3 aromatic carbocycles. The number of hydrogen-bond donors (Lipinski definition) is 4. The molecule has 0 saturated carbocycles. The molecule has 0 radical (unpaired) electrons. The van der Waals surface area contributed by atoms with Crippen molar-refractivity contribution in [2.75, 3.05) is 11.9 Å². The minimum atomic E-state index is -1.62. The van der Waals surface area contributed by atoms with E-state index >= 15 is 0 Å². The Morgan fingerprint density at radius 1 is 1.00 bits per heavy atom. The first-order chi connectivity index (χ1) is 16.8. The van der Waals surface area contributed by atoms with Gasteiger partial charge in [-0.15, -0.1) is 0 Å². The number of amides is 2. The van der Waals surface area contributed by atoms with Gasteiger partial charge >= 0.3 is 12.1 Å². The number of carboxylic acids is 1. The van der Waals surface area contributed by atoms with Gasteiger partial charge in [-0.1, -0.05) is 48.5 Å². The zero-order chi connectivity index (χ0) is 25.1. The average molecular weight is 478 g/mol. The van der Waals surface area contributed by atoms with Crippen LogP contribution in [0.5, 0.6) is 0 Å². The van der Waals surface area contributed by atoms with E-state index in [9.17, 15) is 23.9 Å². The Hall–Kier alpha value is -4.24. The number of halogens is 1. The molecule has 0 spiro atoms. The van der Waals surface area contributed by atoms with Crippen molar-refractivity contribution in [3.05, 3.63) is 89.2 Å². The molecule has 0 saturated heterocycles. The van der Waals surface area contributed by atoms with Gasteiger partial charge in [0.25, 0.3) is 5.91 Å². The fourth-order valence-electron chi connectivity index (χ4n) is 4.14. The van der Waals surface area contributed by atoms with Gasteiger partial charge in [-0.3, -0.25) is 10.1 Å². The summed E-state index contributed by atoms with van der Waals surface area (Å²) in [6, 6.07) is 17.4.